The van der Waals surface area contributed by atoms with E-state index < -0.39 is 6.10 Å². The molecular formula is C44H50N4O7. The predicted octanol–water partition coefficient (Wildman–Crippen LogP) is 5.16. The maximum atomic E-state index is 13.9. The quantitative estimate of drug-likeness (QED) is 0.133. The number of rotatable bonds is 17. The molecule has 5 aromatic carbocycles. The fourth-order valence-electron chi connectivity index (χ4n) is 7.15. The van der Waals surface area contributed by atoms with Crippen LogP contribution in [0.1, 0.15) is 22.7 Å². The number of methoxy groups -OCH3 is 3. The van der Waals surface area contributed by atoms with Crippen LogP contribution < -0.4 is 24.3 Å². The summed E-state index contributed by atoms with van der Waals surface area (Å²) < 4.78 is 22.4. The lowest BCUT2D eigenvalue weighted by molar-refractivity contribution is -0.135. The van der Waals surface area contributed by atoms with Crippen molar-refractivity contribution in [3.05, 3.63) is 132 Å². The van der Waals surface area contributed by atoms with Gasteiger partial charge in [-0.05, 0) is 40.3 Å². The molecule has 2 N–H and O–H groups in total. The zero-order chi connectivity index (χ0) is 38.6. The number of ether oxygens (including phenoxy) is 4. The number of carbonyl (C=O) groups excluding carboxylic acids is 2. The molecule has 2 amide bonds. The first kappa shape index (κ1) is 39.1. The molecule has 11 nitrogen and oxygen atoms in total. The molecule has 0 aromatic heterocycles. The molecule has 11 heteroatoms. The van der Waals surface area contributed by atoms with Crippen LogP contribution in [-0.4, -0.2) is 111 Å². The van der Waals surface area contributed by atoms with Gasteiger partial charge in [-0.3, -0.25) is 19.4 Å². The number of nitrogens with zero attached hydrogens (tertiary/aromatic N) is 3. The van der Waals surface area contributed by atoms with Gasteiger partial charge in [-0.2, -0.15) is 0 Å². The number of aliphatic hydroxyl groups excluding tert-OH is 1. The number of hydrogen-bond acceptors (Lipinski definition) is 9. The van der Waals surface area contributed by atoms with Gasteiger partial charge in [0, 0.05) is 44.7 Å². The van der Waals surface area contributed by atoms with Crippen LogP contribution in [0.25, 0.3) is 10.8 Å². The van der Waals surface area contributed by atoms with Crippen molar-refractivity contribution in [2.75, 3.05) is 73.7 Å². The molecule has 6 rings (SSSR count). The van der Waals surface area contributed by atoms with E-state index in [1.807, 2.05) is 59.5 Å². The summed E-state index contributed by atoms with van der Waals surface area (Å²) in [6.45, 7) is 2.56. The van der Waals surface area contributed by atoms with Crippen molar-refractivity contribution >= 4 is 22.6 Å². The smallest absolute Gasteiger partial charge is 0.236 e. The Labute approximate surface area is 323 Å². The molecule has 288 valence electrons. The zero-order valence-electron chi connectivity index (χ0n) is 31.7. The second-order valence-electron chi connectivity index (χ2n) is 13.6. The van der Waals surface area contributed by atoms with Gasteiger partial charge in [0.15, 0.2) is 11.5 Å². The number of amides is 2. The molecule has 55 heavy (non-hydrogen) atoms. The molecule has 0 radical (unpaired) electrons. The molecular weight excluding hydrogens is 697 g/mol. The van der Waals surface area contributed by atoms with E-state index in [1.54, 1.807) is 17.0 Å². The largest absolute Gasteiger partial charge is 0.493 e. The third-order valence-electron chi connectivity index (χ3n) is 9.85. The Hall–Kier alpha value is -5.62. The number of aliphatic hydroxyl groups is 1. The van der Waals surface area contributed by atoms with E-state index in [9.17, 15) is 14.7 Å². The van der Waals surface area contributed by atoms with Crippen LogP contribution in [-0.2, 0) is 16.1 Å². The van der Waals surface area contributed by atoms with Crippen LogP contribution in [0.4, 0.5) is 0 Å². The van der Waals surface area contributed by atoms with Gasteiger partial charge in [0.2, 0.25) is 17.6 Å². The molecule has 5 aromatic rings. The van der Waals surface area contributed by atoms with Crippen LogP contribution in [0.15, 0.2) is 115 Å². The number of nitrogens with one attached hydrogen (secondary N) is 1. The van der Waals surface area contributed by atoms with E-state index in [0.29, 0.717) is 49.2 Å². The van der Waals surface area contributed by atoms with Crippen LogP contribution in [0.3, 0.4) is 0 Å². The number of carbonyl (C=O) groups is 2. The van der Waals surface area contributed by atoms with E-state index in [1.165, 1.54) is 32.5 Å². The minimum Gasteiger partial charge on any atom is -0.493 e. The van der Waals surface area contributed by atoms with Crippen molar-refractivity contribution in [2.24, 2.45) is 0 Å². The monoisotopic (exact) mass is 746 g/mol. The number of fused-ring (bicyclic) bond motifs is 1. The van der Waals surface area contributed by atoms with Gasteiger partial charge in [-0.25, -0.2) is 0 Å². The lowest BCUT2D eigenvalue weighted by atomic mass is 9.96. The topological polar surface area (TPSA) is 113 Å². The molecule has 1 aliphatic rings. The lowest BCUT2D eigenvalue weighted by Crippen LogP contribution is -2.53. The zero-order valence-corrected chi connectivity index (χ0v) is 31.7. The first-order chi connectivity index (χ1) is 26.9. The summed E-state index contributed by atoms with van der Waals surface area (Å²) in [6.07, 6.45) is -0.968. The van der Waals surface area contributed by atoms with Crippen LogP contribution in [0.5, 0.6) is 23.0 Å². The van der Waals surface area contributed by atoms with Gasteiger partial charge in [0.25, 0.3) is 0 Å². The summed E-state index contributed by atoms with van der Waals surface area (Å²) in [5.74, 6) is 1.67. The maximum Gasteiger partial charge on any atom is 0.236 e. The molecule has 0 saturated carbocycles. The van der Waals surface area contributed by atoms with Crippen molar-refractivity contribution in [2.45, 2.75) is 18.7 Å². The Morgan fingerprint density at radius 2 is 1.33 bits per heavy atom. The molecule has 1 aliphatic heterocycles. The van der Waals surface area contributed by atoms with Gasteiger partial charge in [-0.1, -0.05) is 97.1 Å². The first-order valence-electron chi connectivity index (χ1n) is 18.5. The molecule has 1 atom stereocenters. The Morgan fingerprint density at radius 3 is 1.95 bits per heavy atom. The highest BCUT2D eigenvalue weighted by atomic mass is 16.5. The fraction of sp³-hybridized carbons (Fsp3) is 0.318. The minimum atomic E-state index is -0.968. The summed E-state index contributed by atoms with van der Waals surface area (Å²) in [4.78, 5) is 33.3. The summed E-state index contributed by atoms with van der Waals surface area (Å²) in [5, 5.41) is 16.1. The van der Waals surface area contributed by atoms with E-state index >= 15 is 0 Å². The second-order valence-corrected chi connectivity index (χ2v) is 13.6. The Balaban J connectivity index is 1.11. The highest BCUT2D eigenvalue weighted by Crippen LogP contribution is 2.38. The van der Waals surface area contributed by atoms with Crippen LogP contribution in [0, 0.1) is 0 Å². The number of benzene rings is 5. The highest BCUT2D eigenvalue weighted by Gasteiger charge is 2.29. The Morgan fingerprint density at radius 1 is 0.727 bits per heavy atom. The first-order valence-corrected chi connectivity index (χ1v) is 18.5. The van der Waals surface area contributed by atoms with Gasteiger partial charge in [-0.15, -0.1) is 0 Å². The van der Waals surface area contributed by atoms with Crippen LogP contribution >= 0.6 is 0 Å². The molecule has 0 aliphatic carbocycles. The number of hydrogen-bond donors (Lipinski definition) is 2. The minimum absolute atomic E-state index is 0.00914. The normalized spacial score (nSPS) is 13.8. The van der Waals surface area contributed by atoms with Gasteiger partial charge in [0.1, 0.15) is 18.5 Å². The third kappa shape index (κ3) is 10.1. The summed E-state index contributed by atoms with van der Waals surface area (Å²) in [5.41, 5.74) is 3.16. The molecule has 1 saturated heterocycles. The molecule has 0 unspecified atom stereocenters. The maximum absolute atomic E-state index is 13.9. The van der Waals surface area contributed by atoms with Crippen molar-refractivity contribution < 1.29 is 33.6 Å². The predicted molar refractivity (Wildman–Crippen MR) is 213 cm³/mol. The average molecular weight is 747 g/mol. The second kappa shape index (κ2) is 19.1. The lowest BCUT2D eigenvalue weighted by Gasteiger charge is -2.40. The summed E-state index contributed by atoms with van der Waals surface area (Å²) >= 11 is 0. The Bertz CT molecular complexity index is 1930. The van der Waals surface area contributed by atoms with Crippen molar-refractivity contribution in [1.29, 1.82) is 0 Å². The number of piperazine rings is 1. The van der Waals surface area contributed by atoms with Gasteiger partial charge < -0.3 is 34.3 Å². The standard InChI is InChI=1S/C44H50N4O7/c1-52-39-25-32(26-40(53-2)44(39)54-3)27-45-41(50)29-46(28-36(49)31-55-38-20-12-18-33-13-10-11-19-37(33)38)30-42(51)47-21-23-48(24-22-47)43(34-14-6-4-7-15-34)35-16-8-5-9-17-35/h4-20,25-26,36,43,49H,21-24,27-31H2,1-3H3,(H,45,50)/t36-/m1/s1. The van der Waals surface area contributed by atoms with E-state index in [2.05, 4.69) is 58.7 Å². The van der Waals surface area contributed by atoms with E-state index in [-0.39, 0.29) is 50.6 Å². The van der Waals surface area contributed by atoms with E-state index in [4.69, 9.17) is 18.9 Å². The van der Waals surface area contributed by atoms with Gasteiger partial charge in [0.05, 0.1) is 40.5 Å². The van der Waals surface area contributed by atoms with E-state index in [0.717, 1.165) is 16.3 Å². The molecule has 1 heterocycles. The van der Waals surface area contributed by atoms with Gasteiger partial charge >= 0.3 is 0 Å². The summed E-state index contributed by atoms with van der Waals surface area (Å²) in [7, 11) is 4.61. The third-order valence-corrected chi connectivity index (χ3v) is 9.85. The fourth-order valence-corrected chi connectivity index (χ4v) is 7.15. The molecule has 1 fully saturated rings. The van der Waals surface area contributed by atoms with Crippen molar-refractivity contribution in [3.8, 4) is 23.0 Å². The highest BCUT2D eigenvalue weighted by molar-refractivity contribution is 5.88. The molecule has 0 spiro atoms. The summed E-state index contributed by atoms with van der Waals surface area (Å²) in [6, 6.07) is 38.2. The van der Waals surface area contributed by atoms with Crippen molar-refractivity contribution in [1.82, 2.24) is 20.0 Å². The van der Waals surface area contributed by atoms with Crippen molar-refractivity contribution in [3.63, 3.8) is 0 Å². The SMILES string of the molecule is COc1cc(CNC(=O)CN(CC(=O)N2CCN(C(c3ccccc3)c3ccccc3)CC2)C[C@@H](O)COc2cccc3ccccc23)cc(OC)c1OC. The Kier molecular flexibility index (Phi) is 13.6. The van der Waals surface area contributed by atoms with Crippen LogP contribution in [0.2, 0.25) is 0 Å². The molecule has 0 bridgehead atoms. The average Bonchev–Trinajstić information content (AvgIpc) is 3.22.